The number of carboxylic acids is 2. The summed E-state index contributed by atoms with van der Waals surface area (Å²) in [5, 5.41) is 22.7. The van der Waals surface area contributed by atoms with Crippen LogP contribution in [0.25, 0.3) is 0 Å². The van der Waals surface area contributed by atoms with E-state index in [2.05, 4.69) is 15.3 Å². The maximum atomic E-state index is 12.5. The van der Waals surface area contributed by atoms with Gasteiger partial charge in [-0.2, -0.15) is 13.2 Å². The molecule has 0 fully saturated rings. The van der Waals surface area contributed by atoms with Gasteiger partial charge in [-0.05, 0) is 36.4 Å². The number of Topliss-reactive ketones (excluding diaryl/α,β-unsaturated/α-hetero) is 1. The number of nitrogens with zero attached hydrogens (tertiary/aromatic N) is 1. The van der Waals surface area contributed by atoms with Crippen LogP contribution in [0.5, 0.6) is 5.75 Å². The molecular formula is C22H22F3N3O8. The number of hydrogen-bond donors (Lipinski definition) is 4. The third-order valence-electron chi connectivity index (χ3n) is 4.19. The number of halogens is 3. The van der Waals surface area contributed by atoms with Crippen molar-refractivity contribution in [3.05, 3.63) is 65.7 Å². The highest BCUT2D eigenvalue weighted by Crippen LogP contribution is 2.21. The van der Waals surface area contributed by atoms with Gasteiger partial charge in [0.15, 0.2) is 5.84 Å². The summed E-state index contributed by atoms with van der Waals surface area (Å²) < 4.78 is 37.2. The van der Waals surface area contributed by atoms with E-state index in [-0.39, 0.29) is 23.6 Å². The van der Waals surface area contributed by atoms with Gasteiger partial charge >= 0.3 is 23.8 Å². The number of aliphatic carboxylic acids is 2. The first kappa shape index (κ1) is 29.4. The molecule has 0 heterocycles. The van der Waals surface area contributed by atoms with Gasteiger partial charge in [0.2, 0.25) is 5.78 Å². The van der Waals surface area contributed by atoms with Gasteiger partial charge in [-0.15, -0.1) is 0 Å². The zero-order chi connectivity index (χ0) is 27.5. The smallest absolute Gasteiger partial charge is 0.476 e. The summed E-state index contributed by atoms with van der Waals surface area (Å²) in [5.74, 6) is -5.84. The lowest BCUT2D eigenvalue weighted by molar-refractivity contribution is -0.192. The molecule has 0 aliphatic heterocycles. The Balaban J connectivity index is 0.000000809. The molecule has 2 aromatic rings. The van der Waals surface area contributed by atoms with Crippen LogP contribution in [0.15, 0.2) is 59.8 Å². The lowest BCUT2D eigenvalue weighted by Gasteiger charge is -2.29. The minimum atomic E-state index is -5.08. The van der Waals surface area contributed by atoms with Crippen molar-refractivity contribution in [2.24, 2.45) is 10.9 Å². The Hall–Kier alpha value is -4.62. The van der Waals surface area contributed by atoms with E-state index in [0.717, 1.165) is 0 Å². The summed E-state index contributed by atoms with van der Waals surface area (Å²) in [6.45, 7) is 1.48. The lowest BCUT2D eigenvalue weighted by atomic mass is 10.0. The van der Waals surface area contributed by atoms with E-state index in [1.54, 1.807) is 18.2 Å². The van der Waals surface area contributed by atoms with E-state index < -0.39 is 35.5 Å². The zero-order valence-corrected chi connectivity index (χ0v) is 18.9. The Labute approximate surface area is 202 Å². The molecule has 0 bridgehead atoms. The third kappa shape index (κ3) is 8.00. The van der Waals surface area contributed by atoms with Crippen molar-refractivity contribution in [2.45, 2.75) is 25.2 Å². The van der Waals surface area contributed by atoms with Gasteiger partial charge in [-0.3, -0.25) is 14.9 Å². The van der Waals surface area contributed by atoms with Crippen molar-refractivity contribution in [1.82, 2.24) is 5.32 Å². The summed E-state index contributed by atoms with van der Waals surface area (Å²) >= 11 is 0. The average Bonchev–Trinajstić information content (AvgIpc) is 2.83. The number of carboxylic acid groups (broad SMARTS) is 2. The van der Waals surface area contributed by atoms with E-state index in [1.165, 1.54) is 50.4 Å². The number of amides is 1. The molecule has 2 aromatic carbocycles. The number of ether oxygens (including phenoxy) is 1. The van der Waals surface area contributed by atoms with Gasteiger partial charge in [0.25, 0.3) is 5.91 Å². The van der Waals surface area contributed by atoms with Crippen LogP contribution in [-0.2, 0) is 19.2 Å². The second kappa shape index (κ2) is 12.7. The fourth-order valence-corrected chi connectivity index (χ4v) is 2.46. The van der Waals surface area contributed by atoms with E-state index in [1.807, 2.05) is 0 Å². The number of alkyl halides is 3. The van der Waals surface area contributed by atoms with Crippen LogP contribution in [0, 0.1) is 0 Å². The maximum Gasteiger partial charge on any atom is 0.490 e. The fourth-order valence-electron chi connectivity index (χ4n) is 2.46. The minimum absolute atomic E-state index is 0.0385. The Morgan fingerprint density at radius 3 is 1.89 bits per heavy atom. The highest BCUT2D eigenvalue weighted by Gasteiger charge is 2.49. The summed E-state index contributed by atoms with van der Waals surface area (Å²) in [6, 6.07) is 13.7. The second-order valence-corrected chi connectivity index (χ2v) is 6.67. The van der Waals surface area contributed by atoms with Gasteiger partial charge in [-0.1, -0.05) is 30.3 Å². The first-order valence-corrected chi connectivity index (χ1v) is 9.88. The monoisotopic (exact) mass is 513 g/mol. The topological polar surface area (TPSA) is 178 Å². The summed E-state index contributed by atoms with van der Waals surface area (Å²) in [5.41, 5.74) is 3.80. The SMILES string of the molecule is CCC(=O)C(NC(=O)c1ccccc1)(Oc1ccc(C(N)=NOC)cc1)C(=O)O.O=C(O)C(F)(F)F. The molecule has 0 saturated carbocycles. The van der Waals surface area contributed by atoms with Crippen molar-refractivity contribution in [3.63, 3.8) is 0 Å². The first-order chi connectivity index (χ1) is 16.8. The number of oxime groups is 1. The molecule has 0 radical (unpaired) electrons. The molecule has 11 nitrogen and oxygen atoms in total. The normalized spacial score (nSPS) is 12.8. The van der Waals surface area contributed by atoms with Crippen LogP contribution in [0.3, 0.4) is 0 Å². The molecule has 0 saturated heterocycles. The van der Waals surface area contributed by atoms with E-state index in [9.17, 15) is 32.7 Å². The van der Waals surface area contributed by atoms with Crippen LogP contribution < -0.4 is 15.8 Å². The number of ketones is 1. The molecule has 1 unspecified atom stereocenters. The first-order valence-electron chi connectivity index (χ1n) is 9.88. The van der Waals surface area contributed by atoms with E-state index >= 15 is 0 Å². The molecule has 14 heteroatoms. The summed E-state index contributed by atoms with van der Waals surface area (Å²) in [4.78, 5) is 50.6. The number of hydrogen-bond acceptors (Lipinski definition) is 7. The Morgan fingerprint density at radius 1 is 0.944 bits per heavy atom. The third-order valence-corrected chi connectivity index (χ3v) is 4.19. The predicted molar refractivity (Wildman–Crippen MR) is 118 cm³/mol. The Bertz CT molecular complexity index is 1110. The van der Waals surface area contributed by atoms with Gasteiger partial charge in [0, 0.05) is 17.5 Å². The molecule has 1 atom stereocenters. The Kier molecular flexibility index (Phi) is 10.4. The van der Waals surface area contributed by atoms with Gasteiger partial charge < -0.3 is 25.5 Å². The Morgan fingerprint density at radius 2 is 1.47 bits per heavy atom. The highest BCUT2D eigenvalue weighted by atomic mass is 19.4. The number of carbonyl (C=O) groups excluding carboxylic acids is 2. The highest BCUT2D eigenvalue weighted by molar-refractivity contribution is 6.11. The van der Waals surface area contributed by atoms with Crippen LogP contribution in [0.2, 0.25) is 0 Å². The number of nitrogens with two attached hydrogens (primary N) is 1. The number of carbonyl (C=O) groups is 4. The van der Waals surface area contributed by atoms with E-state index in [0.29, 0.717) is 5.56 Å². The zero-order valence-electron chi connectivity index (χ0n) is 18.9. The number of nitrogens with one attached hydrogen (secondary N) is 1. The van der Waals surface area contributed by atoms with Crippen molar-refractivity contribution >= 4 is 29.5 Å². The quantitative estimate of drug-likeness (QED) is 0.129. The predicted octanol–water partition coefficient (Wildman–Crippen LogP) is 2.16. The summed E-state index contributed by atoms with van der Waals surface area (Å²) in [6.07, 6.45) is -5.26. The van der Waals surface area contributed by atoms with Gasteiger partial charge in [0.05, 0.1) is 0 Å². The standard InChI is InChI=1S/C20H21N3O6.C2HF3O2/c1-3-16(24)20(19(26)27,22-18(25)14-7-5-4-6-8-14)29-15-11-9-13(10-12-15)17(21)23-28-2;3-2(4,5)1(6)7/h4-12H,3H2,1-2H3,(H2,21,23)(H,22,25)(H,26,27);(H,6,7). The van der Waals surface area contributed by atoms with Crippen LogP contribution >= 0.6 is 0 Å². The molecule has 2 rings (SSSR count). The molecule has 0 spiro atoms. The molecule has 0 aromatic heterocycles. The molecule has 0 aliphatic carbocycles. The van der Waals surface area contributed by atoms with Gasteiger partial charge in [-0.25, -0.2) is 9.59 Å². The lowest BCUT2D eigenvalue weighted by Crippen LogP contribution is -2.64. The minimum Gasteiger partial charge on any atom is -0.476 e. The van der Waals surface area contributed by atoms with Crippen molar-refractivity contribution in [2.75, 3.05) is 7.11 Å². The molecule has 1 amide bonds. The molecule has 0 aliphatic rings. The molecule has 5 N–H and O–H groups in total. The average molecular weight is 513 g/mol. The molecular weight excluding hydrogens is 491 g/mol. The number of amidine groups is 1. The van der Waals surface area contributed by atoms with Gasteiger partial charge in [0.1, 0.15) is 12.9 Å². The van der Waals surface area contributed by atoms with Crippen LogP contribution in [-0.4, -0.2) is 58.7 Å². The summed E-state index contributed by atoms with van der Waals surface area (Å²) in [7, 11) is 1.34. The van der Waals surface area contributed by atoms with Crippen molar-refractivity contribution in [3.8, 4) is 5.75 Å². The van der Waals surface area contributed by atoms with Crippen LogP contribution in [0.4, 0.5) is 13.2 Å². The molecule has 194 valence electrons. The van der Waals surface area contributed by atoms with Crippen LogP contribution in [0.1, 0.15) is 29.3 Å². The largest absolute Gasteiger partial charge is 0.490 e. The number of benzene rings is 2. The van der Waals surface area contributed by atoms with Crippen molar-refractivity contribution < 1.29 is 52.1 Å². The fraction of sp³-hybridized carbons (Fsp3) is 0.227. The maximum absolute atomic E-state index is 12.5. The second-order valence-electron chi connectivity index (χ2n) is 6.67. The molecule has 36 heavy (non-hydrogen) atoms. The van der Waals surface area contributed by atoms with Crippen molar-refractivity contribution in [1.29, 1.82) is 0 Å². The number of rotatable bonds is 9. The van der Waals surface area contributed by atoms with E-state index in [4.69, 9.17) is 20.4 Å².